The first-order chi connectivity index (χ1) is 12.1. The fourth-order valence-corrected chi connectivity index (χ4v) is 6.29. The van der Waals surface area contributed by atoms with E-state index in [2.05, 4.69) is 18.0 Å². The highest BCUT2D eigenvalue weighted by molar-refractivity contribution is 5.60. The first-order valence-electron chi connectivity index (χ1n) is 9.53. The number of likely N-dealkylation sites (tertiary alicyclic amines) is 1. The molecule has 2 fully saturated rings. The zero-order chi connectivity index (χ0) is 17.4. The van der Waals surface area contributed by atoms with E-state index in [4.69, 9.17) is 9.47 Å². The number of ether oxygens (including phenoxy) is 2. The van der Waals surface area contributed by atoms with Crippen LogP contribution in [0.3, 0.4) is 0 Å². The number of rotatable bonds is 3. The van der Waals surface area contributed by atoms with Crippen molar-refractivity contribution >= 4 is 0 Å². The molecule has 5 nitrogen and oxygen atoms in total. The molecule has 2 heterocycles. The van der Waals surface area contributed by atoms with Gasteiger partial charge in [0.2, 0.25) is 0 Å². The standard InChI is InChI=1S/C20H27NO4/c1-3-24-14-6-7-20(23)15-10-12-4-5-13(11-22)17-16(12)19(20,18(14)25-17)8-9-21(15)2/h4-5,14-15,18,22-23H,3,6-11H2,1-2H3/t14-,15?,18-,19-,20+/m0/s1. The Kier molecular flexibility index (Phi) is 3.34. The Morgan fingerprint density at radius 2 is 2.20 bits per heavy atom. The molecule has 136 valence electrons. The first kappa shape index (κ1) is 16.1. The fraction of sp³-hybridized carbons (Fsp3) is 0.700. The largest absolute Gasteiger partial charge is 0.486 e. The Morgan fingerprint density at radius 1 is 1.36 bits per heavy atom. The Labute approximate surface area is 148 Å². The zero-order valence-electron chi connectivity index (χ0n) is 15.0. The molecule has 25 heavy (non-hydrogen) atoms. The maximum atomic E-state index is 12.0. The molecule has 1 saturated carbocycles. The van der Waals surface area contributed by atoms with E-state index >= 15 is 0 Å². The van der Waals surface area contributed by atoms with Crippen LogP contribution in [0.2, 0.25) is 0 Å². The summed E-state index contributed by atoms with van der Waals surface area (Å²) in [6.45, 7) is 3.59. The van der Waals surface area contributed by atoms with Crippen LogP contribution in [0.25, 0.3) is 0 Å². The molecule has 2 aliphatic carbocycles. The Morgan fingerprint density at radius 3 is 2.96 bits per heavy atom. The number of piperidine rings is 1. The van der Waals surface area contributed by atoms with E-state index in [0.29, 0.717) is 6.61 Å². The zero-order valence-corrected chi connectivity index (χ0v) is 15.0. The first-order valence-corrected chi connectivity index (χ1v) is 9.53. The van der Waals surface area contributed by atoms with Crippen molar-refractivity contribution in [2.75, 3.05) is 20.2 Å². The summed E-state index contributed by atoms with van der Waals surface area (Å²) in [5.41, 5.74) is 2.08. The Hall–Kier alpha value is -1.14. The summed E-state index contributed by atoms with van der Waals surface area (Å²) in [6, 6.07) is 4.24. The number of aliphatic hydroxyl groups is 2. The van der Waals surface area contributed by atoms with E-state index in [-0.39, 0.29) is 24.9 Å². The summed E-state index contributed by atoms with van der Waals surface area (Å²) in [5, 5.41) is 21.8. The van der Waals surface area contributed by atoms with Crippen molar-refractivity contribution in [1.82, 2.24) is 4.90 Å². The molecule has 2 aliphatic heterocycles. The molecule has 1 spiro atoms. The third-order valence-corrected chi connectivity index (χ3v) is 7.33. The van der Waals surface area contributed by atoms with Gasteiger partial charge in [-0.3, -0.25) is 0 Å². The van der Waals surface area contributed by atoms with Crippen LogP contribution in [-0.4, -0.2) is 59.2 Å². The molecule has 2 N–H and O–H groups in total. The van der Waals surface area contributed by atoms with Crippen LogP contribution in [-0.2, 0) is 23.2 Å². The molecular weight excluding hydrogens is 318 g/mol. The normalized spacial score (nSPS) is 41.4. The minimum atomic E-state index is -0.787. The molecular formula is C20H27NO4. The maximum Gasteiger partial charge on any atom is 0.137 e. The van der Waals surface area contributed by atoms with Gasteiger partial charge in [-0.25, -0.2) is 0 Å². The second kappa shape index (κ2) is 5.19. The van der Waals surface area contributed by atoms with E-state index in [0.717, 1.165) is 43.5 Å². The monoisotopic (exact) mass is 345 g/mol. The second-order valence-electron chi connectivity index (χ2n) is 8.16. The summed E-state index contributed by atoms with van der Waals surface area (Å²) in [4.78, 5) is 2.32. The highest BCUT2D eigenvalue weighted by Crippen LogP contribution is 2.64. The van der Waals surface area contributed by atoms with Gasteiger partial charge in [0.25, 0.3) is 0 Å². The number of nitrogens with zero attached hydrogens (tertiary/aromatic N) is 1. The van der Waals surface area contributed by atoms with Gasteiger partial charge < -0.3 is 24.6 Å². The summed E-state index contributed by atoms with van der Waals surface area (Å²) in [7, 11) is 2.13. The molecule has 1 unspecified atom stereocenters. The third kappa shape index (κ3) is 1.73. The van der Waals surface area contributed by atoms with E-state index < -0.39 is 11.0 Å². The summed E-state index contributed by atoms with van der Waals surface area (Å²) < 4.78 is 12.6. The smallest absolute Gasteiger partial charge is 0.137 e. The SMILES string of the molecule is CCO[C@H]1CC[C@@]2(O)C3Cc4ccc(CO)c5c4[C@@]2(CCN3C)[C@H]1O5. The maximum absolute atomic E-state index is 12.0. The van der Waals surface area contributed by atoms with E-state index in [1.165, 1.54) is 11.1 Å². The van der Waals surface area contributed by atoms with Gasteiger partial charge in [-0.15, -0.1) is 0 Å². The molecule has 5 atom stereocenters. The van der Waals surface area contributed by atoms with Crippen molar-refractivity contribution in [3.05, 3.63) is 28.8 Å². The van der Waals surface area contributed by atoms with E-state index in [1.54, 1.807) is 0 Å². The summed E-state index contributed by atoms with van der Waals surface area (Å²) in [5.74, 6) is 0.818. The molecule has 5 rings (SSSR count). The quantitative estimate of drug-likeness (QED) is 0.866. The van der Waals surface area contributed by atoms with E-state index in [9.17, 15) is 10.2 Å². The minimum Gasteiger partial charge on any atom is -0.486 e. The number of benzene rings is 1. The molecule has 5 heteroatoms. The summed E-state index contributed by atoms with van der Waals surface area (Å²) in [6.07, 6.45) is 3.12. The molecule has 2 bridgehead atoms. The third-order valence-electron chi connectivity index (χ3n) is 7.33. The lowest BCUT2D eigenvalue weighted by Crippen LogP contribution is -2.76. The lowest BCUT2D eigenvalue weighted by molar-refractivity contribution is -0.211. The van der Waals surface area contributed by atoms with Crippen LogP contribution in [0, 0.1) is 0 Å². The van der Waals surface area contributed by atoms with Crippen molar-refractivity contribution in [2.24, 2.45) is 0 Å². The van der Waals surface area contributed by atoms with Crippen molar-refractivity contribution in [3.8, 4) is 5.75 Å². The lowest BCUT2D eigenvalue weighted by Gasteiger charge is -2.63. The molecule has 0 amide bonds. The van der Waals surface area contributed by atoms with Crippen LogP contribution in [0.5, 0.6) is 5.75 Å². The van der Waals surface area contributed by atoms with Gasteiger partial charge in [0.1, 0.15) is 11.9 Å². The molecule has 4 aliphatic rings. The van der Waals surface area contributed by atoms with E-state index in [1.807, 2.05) is 13.0 Å². The van der Waals surface area contributed by atoms with Gasteiger partial charge in [0.15, 0.2) is 0 Å². The number of hydrogen-bond donors (Lipinski definition) is 2. The summed E-state index contributed by atoms with van der Waals surface area (Å²) >= 11 is 0. The molecule has 0 aromatic heterocycles. The fourth-order valence-electron chi connectivity index (χ4n) is 6.29. The molecule has 0 radical (unpaired) electrons. The van der Waals surface area contributed by atoms with Gasteiger partial charge >= 0.3 is 0 Å². The number of aliphatic hydroxyl groups excluding tert-OH is 1. The highest BCUT2D eigenvalue weighted by atomic mass is 16.5. The van der Waals surface area contributed by atoms with Crippen LogP contribution < -0.4 is 4.74 Å². The topological polar surface area (TPSA) is 62.2 Å². The van der Waals surface area contributed by atoms with Crippen LogP contribution in [0.4, 0.5) is 0 Å². The average Bonchev–Trinajstić information content (AvgIpc) is 2.96. The van der Waals surface area contributed by atoms with Crippen LogP contribution >= 0.6 is 0 Å². The van der Waals surface area contributed by atoms with Crippen molar-refractivity contribution in [2.45, 2.75) is 68.5 Å². The van der Waals surface area contributed by atoms with Gasteiger partial charge in [-0.2, -0.15) is 0 Å². The molecule has 1 saturated heterocycles. The molecule has 1 aromatic rings. The lowest BCUT2D eigenvalue weighted by atomic mass is 9.48. The second-order valence-corrected chi connectivity index (χ2v) is 8.16. The van der Waals surface area contributed by atoms with Crippen molar-refractivity contribution < 1.29 is 19.7 Å². The predicted octanol–water partition coefficient (Wildman–Crippen LogP) is 1.37. The van der Waals surface area contributed by atoms with Crippen molar-refractivity contribution in [1.29, 1.82) is 0 Å². The molecule has 1 aromatic carbocycles. The van der Waals surface area contributed by atoms with Gasteiger partial charge in [-0.05, 0) is 51.8 Å². The van der Waals surface area contributed by atoms with Gasteiger partial charge in [0.05, 0.1) is 23.7 Å². The van der Waals surface area contributed by atoms with Crippen LogP contribution in [0.15, 0.2) is 12.1 Å². The predicted molar refractivity (Wildman–Crippen MR) is 92.8 cm³/mol. The van der Waals surface area contributed by atoms with Crippen LogP contribution in [0.1, 0.15) is 42.9 Å². The van der Waals surface area contributed by atoms with Gasteiger partial charge in [-0.1, -0.05) is 12.1 Å². The van der Waals surface area contributed by atoms with Gasteiger partial charge in [0, 0.05) is 23.8 Å². The number of hydrogen-bond acceptors (Lipinski definition) is 5. The Balaban J connectivity index is 1.77. The average molecular weight is 345 g/mol. The number of likely N-dealkylation sites (N-methyl/N-ethyl adjacent to an activating group) is 1. The minimum absolute atomic E-state index is 0.000719. The Bertz CT molecular complexity index is 722. The highest BCUT2D eigenvalue weighted by Gasteiger charge is 2.72. The van der Waals surface area contributed by atoms with Crippen molar-refractivity contribution in [3.63, 3.8) is 0 Å².